The highest BCUT2D eigenvalue weighted by Gasteiger charge is 2.22. The van der Waals surface area contributed by atoms with Crippen LogP contribution in [-0.4, -0.2) is 11.7 Å². The molecule has 2 rings (SSSR count). The van der Waals surface area contributed by atoms with Crippen molar-refractivity contribution in [2.45, 2.75) is 12.0 Å². The van der Waals surface area contributed by atoms with Gasteiger partial charge >= 0.3 is 0 Å². The number of thiophene rings is 1. The van der Waals surface area contributed by atoms with Crippen molar-refractivity contribution in [2.24, 2.45) is 5.73 Å². The predicted molar refractivity (Wildman–Crippen MR) is 80.2 cm³/mol. The molecule has 1 heterocycles. The minimum absolute atomic E-state index is 0.118. The summed E-state index contributed by atoms with van der Waals surface area (Å²) in [6, 6.07) is 11.3. The summed E-state index contributed by atoms with van der Waals surface area (Å²) in [6.07, 6.45) is -0.590. The van der Waals surface area contributed by atoms with E-state index < -0.39 is 6.10 Å². The van der Waals surface area contributed by atoms with Gasteiger partial charge in [0.25, 0.3) is 0 Å². The van der Waals surface area contributed by atoms with Gasteiger partial charge in [-0.15, -0.1) is 11.3 Å². The molecule has 0 aliphatic carbocycles. The predicted octanol–water partition coefficient (Wildman–Crippen LogP) is 3.94. The van der Waals surface area contributed by atoms with Gasteiger partial charge in [0.1, 0.15) is 0 Å². The topological polar surface area (TPSA) is 46.2 Å². The van der Waals surface area contributed by atoms with Gasteiger partial charge in [0.15, 0.2) is 0 Å². The van der Waals surface area contributed by atoms with Gasteiger partial charge in [-0.1, -0.05) is 23.7 Å². The number of nitrogens with two attached hydrogens (primary N) is 1. The van der Waals surface area contributed by atoms with E-state index >= 15 is 0 Å². The summed E-state index contributed by atoms with van der Waals surface area (Å²) in [5, 5.41) is 11.1. The second kappa shape index (κ2) is 6.17. The van der Waals surface area contributed by atoms with Gasteiger partial charge in [0, 0.05) is 22.4 Å². The lowest BCUT2D eigenvalue weighted by atomic mass is 9.92. The van der Waals surface area contributed by atoms with Crippen LogP contribution in [0.1, 0.15) is 22.5 Å². The minimum Gasteiger partial charge on any atom is -0.387 e. The third kappa shape index (κ3) is 3.13. The van der Waals surface area contributed by atoms with Crippen LogP contribution in [0.5, 0.6) is 0 Å². The first-order chi connectivity index (χ1) is 8.61. The number of aliphatic hydroxyl groups excluding tert-OH is 1. The van der Waals surface area contributed by atoms with Crippen LogP contribution in [0.4, 0.5) is 0 Å². The zero-order valence-electron chi connectivity index (χ0n) is 9.51. The Bertz CT molecular complexity index is 514. The van der Waals surface area contributed by atoms with Gasteiger partial charge in [-0.3, -0.25) is 0 Å². The molecule has 0 saturated heterocycles. The van der Waals surface area contributed by atoms with E-state index in [4.69, 9.17) is 17.3 Å². The van der Waals surface area contributed by atoms with E-state index in [9.17, 15) is 5.11 Å². The maximum atomic E-state index is 10.4. The number of rotatable bonds is 4. The number of aliphatic hydroxyl groups is 1. The molecule has 0 bridgehead atoms. The number of hydrogen-bond donors (Lipinski definition) is 2. The Morgan fingerprint density at radius 3 is 2.39 bits per heavy atom. The number of halogens is 2. The van der Waals surface area contributed by atoms with Gasteiger partial charge in [-0.25, -0.2) is 0 Å². The highest BCUT2D eigenvalue weighted by atomic mass is 79.9. The Morgan fingerprint density at radius 1 is 1.22 bits per heavy atom. The second-order valence-electron chi connectivity index (χ2n) is 3.98. The smallest absolute Gasteiger partial charge is 0.0962 e. The molecule has 0 spiro atoms. The molecular formula is C13H13BrClNOS. The Morgan fingerprint density at radius 2 is 1.89 bits per heavy atom. The van der Waals surface area contributed by atoms with Crippen molar-refractivity contribution in [1.82, 2.24) is 0 Å². The van der Waals surface area contributed by atoms with E-state index in [0.29, 0.717) is 11.6 Å². The van der Waals surface area contributed by atoms with Gasteiger partial charge in [0.05, 0.1) is 9.89 Å². The molecule has 3 N–H and O–H groups in total. The van der Waals surface area contributed by atoms with Crippen LogP contribution in [0.2, 0.25) is 5.02 Å². The average Bonchev–Trinajstić information content (AvgIpc) is 2.79. The Labute approximate surface area is 124 Å². The fourth-order valence-electron chi connectivity index (χ4n) is 1.84. The molecule has 0 saturated carbocycles. The third-order valence-corrected chi connectivity index (χ3v) is 4.76. The molecule has 5 heteroatoms. The SMILES string of the molecule is NCC(c1ccc(Cl)cc1)C(O)c1ccc(Br)s1. The molecule has 1 aromatic carbocycles. The molecular weight excluding hydrogens is 334 g/mol. The molecule has 2 atom stereocenters. The second-order valence-corrected chi connectivity index (χ2v) is 6.91. The first-order valence-electron chi connectivity index (χ1n) is 5.50. The standard InChI is InChI=1S/C13H13BrClNOS/c14-12-6-5-11(18-12)13(17)10(7-16)8-1-3-9(15)4-2-8/h1-6,10,13,17H,7,16H2. The summed E-state index contributed by atoms with van der Waals surface area (Å²) in [5.74, 6) is -0.118. The van der Waals surface area contributed by atoms with Crippen LogP contribution in [0.15, 0.2) is 40.2 Å². The average molecular weight is 347 g/mol. The zero-order valence-corrected chi connectivity index (χ0v) is 12.7. The maximum Gasteiger partial charge on any atom is 0.0962 e. The van der Waals surface area contributed by atoms with Crippen LogP contribution in [0.3, 0.4) is 0 Å². The summed E-state index contributed by atoms with van der Waals surface area (Å²) in [6.45, 7) is 0.387. The van der Waals surface area contributed by atoms with Gasteiger partial charge in [0.2, 0.25) is 0 Å². The molecule has 18 heavy (non-hydrogen) atoms. The van der Waals surface area contributed by atoms with Crippen LogP contribution in [0.25, 0.3) is 0 Å². The summed E-state index contributed by atoms with van der Waals surface area (Å²) in [7, 11) is 0. The van der Waals surface area contributed by atoms with Gasteiger partial charge in [-0.2, -0.15) is 0 Å². The quantitative estimate of drug-likeness (QED) is 0.881. The van der Waals surface area contributed by atoms with Crippen molar-refractivity contribution < 1.29 is 5.11 Å². The summed E-state index contributed by atoms with van der Waals surface area (Å²) >= 11 is 10.8. The number of benzene rings is 1. The lowest BCUT2D eigenvalue weighted by Gasteiger charge is -2.21. The molecule has 0 radical (unpaired) electrons. The van der Waals surface area contributed by atoms with Crippen molar-refractivity contribution in [2.75, 3.05) is 6.54 Å². The molecule has 0 fully saturated rings. The minimum atomic E-state index is -0.590. The number of hydrogen-bond acceptors (Lipinski definition) is 3. The maximum absolute atomic E-state index is 10.4. The summed E-state index contributed by atoms with van der Waals surface area (Å²) in [4.78, 5) is 0.910. The fraction of sp³-hybridized carbons (Fsp3) is 0.231. The van der Waals surface area contributed by atoms with E-state index in [-0.39, 0.29) is 5.92 Å². The van der Waals surface area contributed by atoms with Crippen molar-refractivity contribution in [3.05, 3.63) is 55.6 Å². The zero-order chi connectivity index (χ0) is 13.1. The largest absolute Gasteiger partial charge is 0.387 e. The molecule has 2 aromatic rings. The molecule has 0 amide bonds. The van der Waals surface area contributed by atoms with E-state index in [2.05, 4.69) is 15.9 Å². The van der Waals surface area contributed by atoms with Gasteiger partial charge < -0.3 is 10.8 Å². The summed E-state index contributed by atoms with van der Waals surface area (Å²) < 4.78 is 1.00. The van der Waals surface area contributed by atoms with E-state index in [1.807, 2.05) is 36.4 Å². The van der Waals surface area contributed by atoms with Crippen molar-refractivity contribution in [1.29, 1.82) is 0 Å². The third-order valence-electron chi connectivity index (χ3n) is 2.82. The molecule has 0 aliphatic rings. The molecule has 2 nitrogen and oxygen atoms in total. The van der Waals surface area contributed by atoms with Crippen LogP contribution in [-0.2, 0) is 0 Å². The van der Waals surface area contributed by atoms with Crippen molar-refractivity contribution in [3.8, 4) is 0 Å². The van der Waals surface area contributed by atoms with E-state index in [0.717, 1.165) is 14.2 Å². The van der Waals surface area contributed by atoms with E-state index in [1.54, 1.807) is 0 Å². The molecule has 96 valence electrons. The monoisotopic (exact) mass is 345 g/mol. The van der Waals surface area contributed by atoms with Gasteiger partial charge in [-0.05, 0) is 45.8 Å². The lowest BCUT2D eigenvalue weighted by Crippen LogP contribution is -2.19. The van der Waals surface area contributed by atoms with E-state index in [1.165, 1.54) is 11.3 Å². The van der Waals surface area contributed by atoms with Crippen molar-refractivity contribution in [3.63, 3.8) is 0 Å². The first-order valence-corrected chi connectivity index (χ1v) is 7.49. The molecule has 0 aliphatic heterocycles. The fourth-order valence-corrected chi connectivity index (χ4v) is 3.44. The van der Waals surface area contributed by atoms with Crippen LogP contribution >= 0.6 is 38.9 Å². The van der Waals surface area contributed by atoms with Crippen molar-refractivity contribution >= 4 is 38.9 Å². The molecule has 1 aromatic heterocycles. The highest BCUT2D eigenvalue weighted by molar-refractivity contribution is 9.11. The normalized spacial score (nSPS) is 14.4. The first kappa shape index (κ1) is 14.0. The Hall–Kier alpha value is -0.390. The molecule has 2 unspecified atom stereocenters. The Balaban J connectivity index is 2.25. The van der Waals surface area contributed by atoms with Crippen LogP contribution < -0.4 is 5.73 Å². The van der Waals surface area contributed by atoms with Crippen LogP contribution in [0, 0.1) is 0 Å². The summed E-state index contributed by atoms with van der Waals surface area (Å²) in [5.41, 5.74) is 6.79. The Kier molecular flexibility index (Phi) is 4.81. The lowest BCUT2D eigenvalue weighted by molar-refractivity contribution is 0.151. The highest BCUT2D eigenvalue weighted by Crippen LogP contribution is 2.35.